The summed E-state index contributed by atoms with van der Waals surface area (Å²) < 4.78 is 0. The van der Waals surface area contributed by atoms with E-state index in [1.54, 1.807) is 5.92 Å². The smallest absolute Gasteiger partial charge is 0.0232 e. The first kappa shape index (κ1) is 4.84. The van der Waals surface area contributed by atoms with E-state index in [4.69, 9.17) is 0 Å². The van der Waals surface area contributed by atoms with Gasteiger partial charge in [-0.1, -0.05) is 13.8 Å². The summed E-state index contributed by atoms with van der Waals surface area (Å²) in [7, 11) is 0. The first-order valence-electron chi connectivity index (χ1n) is 3.55. The van der Waals surface area contributed by atoms with Crippen molar-refractivity contribution in [2.24, 2.45) is 11.3 Å². The Morgan fingerprint density at radius 3 is 2.12 bits per heavy atom. The topological polar surface area (TPSA) is 0 Å². The fraction of sp³-hybridized carbons (Fsp3) is 0.875. The summed E-state index contributed by atoms with van der Waals surface area (Å²) in [5, 5.41) is 0. The summed E-state index contributed by atoms with van der Waals surface area (Å²) in [5.41, 5.74) is 0.796. The lowest BCUT2D eigenvalue weighted by Crippen LogP contribution is -1.95. The van der Waals surface area contributed by atoms with Crippen molar-refractivity contribution in [1.82, 2.24) is 0 Å². The van der Waals surface area contributed by atoms with Gasteiger partial charge in [0.1, 0.15) is 0 Å². The predicted octanol–water partition coefficient (Wildman–Crippen LogP) is 2.40. The van der Waals surface area contributed by atoms with Gasteiger partial charge in [-0.2, -0.15) is 0 Å². The van der Waals surface area contributed by atoms with Crippen molar-refractivity contribution >= 4 is 0 Å². The average molecular weight is 109 g/mol. The van der Waals surface area contributed by atoms with Crippen LogP contribution in [0.15, 0.2) is 0 Å². The highest BCUT2D eigenvalue weighted by atomic mass is 14.6. The van der Waals surface area contributed by atoms with Crippen LogP contribution in [0.1, 0.15) is 33.1 Å². The molecule has 1 unspecified atom stereocenters. The van der Waals surface area contributed by atoms with E-state index >= 15 is 0 Å². The molecule has 2 saturated carbocycles. The van der Waals surface area contributed by atoms with Crippen molar-refractivity contribution in [2.45, 2.75) is 33.1 Å². The largest absolute Gasteiger partial charge is 0.0594 e. The van der Waals surface area contributed by atoms with Gasteiger partial charge in [0.15, 0.2) is 0 Å². The van der Waals surface area contributed by atoms with Crippen LogP contribution < -0.4 is 0 Å². The lowest BCUT2D eigenvalue weighted by molar-refractivity contribution is 0.498. The average Bonchev–Trinajstić information content (AvgIpc) is 2.47. The highest BCUT2D eigenvalue weighted by Gasteiger charge is 2.54. The lowest BCUT2D eigenvalue weighted by atomic mass is 10.0. The molecule has 0 heteroatoms. The Morgan fingerprint density at radius 2 is 2.00 bits per heavy atom. The van der Waals surface area contributed by atoms with Crippen LogP contribution in [0.5, 0.6) is 0 Å². The normalized spacial score (nSPS) is 42.0. The van der Waals surface area contributed by atoms with Crippen LogP contribution in [-0.4, -0.2) is 0 Å². The second kappa shape index (κ2) is 1.12. The van der Waals surface area contributed by atoms with Gasteiger partial charge in [-0.25, -0.2) is 0 Å². The summed E-state index contributed by atoms with van der Waals surface area (Å²) >= 11 is 0. The van der Waals surface area contributed by atoms with Crippen molar-refractivity contribution in [3.8, 4) is 0 Å². The molecule has 0 heterocycles. The molecule has 0 aromatic rings. The van der Waals surface area contributed by atoms with Gasteiger partial charge in [0.05, 0.1) is 0 Å². The number of hydrogen-bond donors (Lipinski definition) is 0. The van der Waals surface area contributed by atoms with Crippen LogP contribution in [0, 0.1) is 17.3 Å². The fourth-order valence-electron chi connectivity index (χ4n) is 1.65. The van der Waals surface area contributed by atoms with Crippen molar-refractivity contribution in [3.63, 3.8) is 0 Å². The van der Waals surface area contributed by atoms with Crippen molar-refractivity contribution < 1.29 is 0 Å². The van der Waals surface area contributed by atoms with Gasteiger partial charge < -0.3 is 0 Å². The molecule has 0 nitrogen and oxygen atoms in total. The molecule has 0 bridgehead atoms. The highest BCUT2D eigenvalue weighted by molar-refractivity contribution is 5.20. The van der Waals surface area contributed by atoms with Crippen LogP contribution in [-0.2, 0) is 0 Å². The Balaban J connectivity index is 1.99. The van der Waals surface area contributed by atoms with Crippen molar-refractivity contribution in [1.29, 1.82) is 0 Å². The molecule has 2 fully saturated rings. The third-order valence-electron chi connectivity index (χ3n) is 2.84. The van der Waals surface area contributed by atoms with E-state index in [0.29, 0.717) is 0 Å². The lowest BCUT2D eigenvalue weighted by Gasteiger charge is -2.02. The summed E-state index contributed by atoms with van der Waals surface area (Å²) in [6.07, 6.45) is 4.43. The van der Waals surface area contributed by atoms with E-state index in [0.717, 1.165) is 11.3 Å². The Bertz CT molecular complexity index is 111. The predicted molar refractivity (Wildman–Crippen MR) is 34.4 cm³/mol. The third kappa shape index (κ3) is 0.519. The van der Waals surface area contributed by atoms with E-state index in [9.17, 15) is 0 Å². The first-order valence-corrected chi connectivity index (χ1v) is 3.55. The summed E-state index contributed by atoms with van der Waals surface area (Å²) in [6, 6.07) is 0. The van der Waals surface area contributed by atoms with Gasteiger partial charge >= 0.3 is 0 Å². The minimum absolute atomic E-state index is 0.796. The maximum absolute atomic E-state index is 2.42. The molecule has 2 aliphatic rings. The Labute approximate surface area is 51.3 Å². The van der Waals surface area contributed by atoms with E-state index < -0.39 is 0 Å². The molecule has 0 spiro atoms. The van der Waals surface area contributed by atoms with E-state index in [1.165, 1.54) is 19.3 Å². The van der Waals surface area contributed by atoms with Gasteiger partial charge in [-0.3, -0.25) is 0 Å². The minimum atomic E-state index is 0.796. The molecular formula is C8H13. The van der Waals surface area contributed by atoms with Crippen LogP contribution in [0.3, 0.4) is 0 Å². The molecule has 0 amide bonds. The Hall–Kier alpha value is 0. The molecule has 2 aliphatic carbocycles. The second-order valence-electron chi connectivity index (χ2n) is 3.76. The minimum Gasteiger partial charge on any atom is -0.0594 e. The molecule has 1 atom stereocenters. The van der Waals surface area contributed by atoms with E-state index in [1.807, 2.05) is 0 Å². The standard InChI is InChI=1S/C8H13/c1-6-5-7(6)8(2)3-4-8/h7H,3-5H2,1-2H3. The fourth-order valence-corrected chi connectivity index (χ4v) is 1.65. The molecule has 0 aromatic heterocycles. The third-order valence-corrected chi connectivity index (χ3v) is 2.84. The molecule has 0 saturated heterocycles. The van der Waals surface area contributed by atoms with Crippen LogP contribution in [0.2, 0.25) is 0 Å². The van der Waals surface area contributed by atoms with Crippen LogP contribution >= 0.6 is 0 Å². The Morgan fingerprint density at radius 1 is 1.50 bits per heavy atom. The van der Waals surface area contributed by atoms with E-state index in [2.05, 4.69) is 13.8 Å². The van der Waals surface area contributed by atoms with E-state index in [-0.39, 0.29) is 0 Å². The van der Waals surface area contributed by atoms with Crippen molar-refractivity contribution in [2.75, 3.05) is 0 Å². The van der Waals surface area contributed by atoms with Gasteiger partial charge in [0, 0.05) is 0 Å². The molecule has 2 rings (SSSR count). The summed E-state index contributed by atoms with van der Waals surface area (Å²) in [5.74, 6) is 2.80. The van der Waals surface area contributed by atoms with Crippen LogP contribution in [0.4, 0.5) is 0 Å². The quantitative estimate of drug-likeness (QED) is 0.485. The van der Waals surface area contributed by atoms with Gasteiger partial charge in [0.25, 0.3) is 0 Å². The van der Waals surface area contributed by atoms with Gasteiger partial charge in [0.2, 0.25) is 0 Å². The molecule has 1 radical (unpaired) electrons. The van der Waals surface area contributed by atoms with Crippen LogP contribution in [0.25, 0.3) is 0 Å². The monoisotopic (exact) mass is 109 g/mol. The Kier molecular flexibility index (Phi) is 0.678. The molecule has 8 heavy (non-hydrogen) atoms. The molecule has 45 valence electrons. The first-order chi connectivity index (χ1) is 3.72. The van der Waals surface area contributed by atoms with Gasteiger partial charge in [-0.15, -0.1) is 0 Å². The SMILES string of the molecule is C[C]1CC1C1(C)CC1. The highest BCUT2D eigenvalue weighted by Crippen LogP contribution is 2.64. The molecule has 0 N–H and O–H groups in total. The maximum atomic E-state index is 2.42. The number of hydrogen-bond acceptors (Lipinski definition) is 0. The zero-order valence-electron chi connectivity index (χ0n) is 5.70. The summed E-state index contributed by atoms with van der Waals surface area (Å²) in [6.45, 7) is 4.72. The molecule has 0 aliphatic heterocycles. The second-order valence-corrected chi connectivity index (χ2v) is 3.76. The zero-order valence-corrected chi connectivity index (χ0v) is 5.70. The van der Waals surface area contributed by atoms with Gasteiger partial charge in [-0.05, 0) is 36.5 Å². The zero-order chi connectivity index (χ0) is 5.78. The van der Waals surface area contributed by atoms with Crippen molar-refractivity contribution in [3.05, 3.63) is 5.92 Å². The summed E-state index contributed by atoms with van der Waals surface area (Å²) in [4.78, 5) is 0. The molecular weight excluding hydrogens is 96.1 g/mol. The number of rotatable bonds is 1. The maximum Gasteiger partial charge on any atom is -0.0232 e. The molecule has 0 aromatic carbocycles.